The van der Waals surface area contributed by atoms with E-state index in [-0.39, 0.29) is 0 Å². The molecule has 0 aromatic heterocycles. The molecule has 1 aliphatic carbocycles. The van der Waals surface area contributed by atoms with Crippen molar-refractivity contribution in [1.29, 1.82) is 0 Å². The molecule has 84 valence electrons. The van der Waals surface area contributed by atoms with Crippen LogP contribution in [0.2, 0.25) is 0 Å². The number of ether oxygens (including phenoxy) is 1. The van der Waals surface area contributed by atoms with Gasteiger partial charge in [0.1, 0.15) is 12.4 Å². The summed E-state index contributed by atoms with van der Waals surface area (Å²) in [4.78, 5) is 0. The minimum atomic E-state index is 0.333. The summed E-state index contributed by atoms with van der Waals surface area (Å²) < 4.78 is 5.31. The topological polar surface area (TPSA) is 21.3 Å². The second-order valence-electron chi connectivity index (χ2n) is 4.21. The minimum Gasteiger partial charge on any atom is -0.481 e. The van der Waals surface area contributed by atoms with Crippen LogP contribution < -0.4 is 10.1 Å². The van der Waals surface area contributed by atoms with Crippen LogP contribution in [0.1, 0.15) is 18.4 Å². The lowest BCUT2D eigenvalue weighted by Crippen LogP contribution is -2.15. The molecule has 0 unspecified atom stereocenters. The van der Waals surface area contributed by atoms with Gasteiger partial charge in [0.15, 0.2) is 0 Å². The van der Waals surface area contributed by atoms with Gasteiger partial charge in [-0.2, -0.15) is 0 Å². The first-order valence-electron chi connectivity index (χ1n) is 5.74. The summed E-state index contributed by atoms with van der Waals surface area (Å²) in [5.41, 5.74) is 1.29. The largest absolute Gasteiger partial charge is 0.481 e. The van der Waals surface area contributed by atoms with Crippen LogP contribution >= 0.6 is 0 Å². The molecule has 1 aliphatic rings. The van der Waals surface area contributed by atoms with Crippen LogP contribution in [-0.2, 0) is 6.54 Å². The molecule has 16 heavy (non-hydrogen) atoms. The fourth-order valence-electron chi connectivity index (χ4n) is 1.57. The van der Waals surface area contributed by atoms with E-state index in [9.17, 15) is 0 Å². The van der Waals surface area contributed by atoms with Gasteiger partial charge in [-0.1, -0.05) is 18.1 Å². The van der Waals surface area contributed by atoms with Gasteiger partial charge >= 0.3 is 0 Å². The Labute approximate surface area is 97.0 Å². The van der Waals surface area contributed by atoms with Crippen LogP contribution in [0, 0.1) is 18.3 Å². The summed E-state index contributed by atoms with van der Waals surface area (Å²) in [6, 6.07) is 8.08. The summed E-state index contributed by atoms with van der Waals surface area (Å²) >= 11 is 0. The van der Waals surface area contributed by atoms with Gasteiger partial charge in [0.05, 0.1) is 0 Å². The zero-order valence-corrected chi connectivity index (χ0v) is 9.41. The second-order valence-corrected chi connectivity index (χ2v) is 4.21. The van der Waals surface area contributed by atoms with Crippen LogP contribution in [-0.4, -0.2) is 13.2 Å². The molecule has 1 saturated carbocycles. The van der Waals surface area contributed by atoms with Gasteiger partial charge in [0.25, 0.3) is 0 Å². The van der Waals surface area contributed by atoms with Crippen LogP contribution in [0.25, 0.3) is 0 Å². The third-order valence-electron chi connectivity index (χ3n) is 2.70. The molecule has 1 aromatic carbocycles. The maximum atomic E-state index is 5.31. The van der Waals surface area contributed by atoms with Crippen LogP contribution in [0.15, 0.2) is 24.3 Å². The number of benzene rings is 1. The Kier molecular flexibility index (Phi) is 3.85. The highest BCUT2D eigenvalue weighted by atomic mass is 16.5. The van der Waals surface area contributed by atoms with Crippen molar-refractivity contribution in [2.24, 2.45) is 5.92 Å². The van der Waals surface area contributed by atoms with Crippen molar-refractivity contribution in [3.63, 3.8) is 0 Å². The summed E-state index contributed by atoms with van der Waals surface area (Å²) in [5.74, 6) is 4.22. The van der Waals surface area contributed by atoms with Gasteiger partial charge in [-0.15, -0.1) is 6.42 Å². The third kappa shape index (κ3) is 3.60. The highest BCUT2D eigenvalue weighted by Gasteiger charge is 2.19. The number of terminal acetylenes is 1. The number of nitrogens with one attached hydrogen (secondary N) is 1. The minimum absolute atomic E-state index is 0.333. The molecule has 1 aromatic rings. The first kappa shape index (κ1) is 11.0. The molecule has 2 heteroatoms. The SMILES string of the molecule is C#CCOc1ccc(CNCC2CC2)cc1. The zero-order valence-electron chi connectivity index (χ0n) is 9.41. The van der Waals surface area contributed by atoms with Crippen LogP contribution in [0.5, 0.6) is 5.75 Å². The van der Waals surface area contributed by atoms with E-state index >= 15 is 0 Å². The lowest BCUT2D eigenvalue weighted by Gasteiger charge is -2.05. The van der Waals surface area contributed by atoms with E-state index in [0.29, 0.717) is 6.61 Å². The Bertz CT molecular complexity index is 359. The second kappa shape index (κ2) is 5.58. The van der Waals surface area contributed by atoms with E-state index in [1.54, 1.807) is 0 Å². The molecular weight excluding hydrogens is 198 g/mol. The van der Waals surface area contributed by atoms with Crippen molar-refractivity contribution in [1.82, 2.24) is 5.32 Å². The Morgan fingerprint density at radius 3 is 2.69 bits per heavy atom. The molecule has 0 spiro atoms. The van der Waals surface area contributed by atoms with Crippen molar-refractivity contribution in [2.75, 3.05) is 13.2 Å². The molecule has 2 rings (SSSR count). The predicted octanol–water partition coefficient (Wildman–Crippen LogP) is 2.20. The van der Waals surface area contributed by atoms with Crippen LogP contribution in [0.4, 0.5) is 0 Å². The molecule has 0 heterocycles. The van der Waals surface area contributed by atoms with E-state index in [0.717, 1.165) is 24.8 Å². The molecule has 0 amide bonds. The maximum absolute atomic E-state index is 5.31. The van der Waals surface area contributed by atoms with Gasteiger partial charge in [-0.25, -0.2) is 0 Å². The van der Waals surface area contributed by atoms with E-state index in [1.165, 1.54) is 18.4 Å². The van der Waals surface area contributed by atoms with Crippen molar-refractivity contribution in [3.8, 4) is 18.1 Å². The third-order valence-corrected chi connectivity index (χ3v) is 2.70. The lowest BCUT2D eigenvalue weighted by molar-refractivity contribution is 0.370. The number of rotatable bonds is 6. The lowest BCUT2D eigenvalue weighted by atomic mass is 10.2. The van der Waals surface area contributed by atoms with Crippen molar-refractivity contribution in [3.05, 3.63) is 29.8 Å². The van der Waals surface area contributed by atoms with Crippen molar-refractivity contribution in [2.45, 2.75) is 19.4 Å². The van der Waals surface area contributed by atoms with Gasteiger partial charge in [0, 0.05) is 6.54 Å². The quantitative estimate of drug-likeness (QED) is 0.734. The highest BCUT2D eigenvalue weighted by Crippen LogP contribution is 2.27. The van der Waals surface area contributed by atoms with Crippen LogP contribution in [0.3, 0.4) is 0 Å². The molecule has 1 N–H and O–H groups in total. The van der Waals surface area contributed by atoms with E-state index in [1.807, 2.05) is 12.1 Å². The van der Waals surface area contributed by atoms with E-state index in [2.05, 4.69) is 23.4 Å². The highest BCUT2D eigenvalue weighted by molar-refractivity contribution is 5.27. The standard InChI is InChI=1S/C14H17NO/c1-2-9-16-14-7-5-13(6-8-14)11-15-10-12-3-4-12/h1,5-8,12,15H,3-4,9-11H2. The maximum Gasteiger partial charge on any atom is 0.148 e. The number of hydrogen-bond acceptors (Lipinski definition) is 2. The van der Waals surface area contributed by atoms with E-state index < -0.39 is 0 Å². The predicted molar refractivity (Wildman–Crippen MR) is 65.2 cm³/mol. The Balaban J connectivity index is 1.74. The van der Waals surface area contributed by atoms with Gasteiger partial charge < -0.3 is 10.1 Å². The summed E-state index contributed by atoms with van der Waals surface area (Å²) in [5, 5.41) is 3.45. The average molecular weight is 215 g/mol. The fourth-order valence-corrected chi connectivity index (χ4v) is 1.57. The molecular formula is C14H17NO. The molecule has 0 radical (unpaired) electrons. The molecule has 0 saturated heterocycles. The van der Waals surface area contributed by atoms with Gasteiger partial charge in [0.2, 0.25) is 0 Å². The first-order valence-corrected chi connectivity index (χ1v) is 5.74. The molecule has 0 bridgehead atoms. The Hall–Kier alpha value is -1.46. The molecule has 2 nitrogen and oxygen atoms in total. The van der Waals surface area contributed by atoms with E-state index in [4.69, 9.17) is 11.2 Å². The summed E-state index contributed by atoms with van der Waals surface area (Å²) in [6.45, 7) is 2.42. The monoisotopic (exact) mass is 215 g/mol. The summed E-state index contributed by atoms with van der Waals surface area (Å²) in [6.07, 6.45) is 7.91. The van der Waals surface area contributed by atoms with Gasteiger partial charge in [-0.3, -0.25) is 0 Å². The van der Waals surface area contributed by atoms with Crippen molar-refractivity contribution < 1.29 is 4.74 Å². The molecule has 0 atom stereocenters. The Morgan fingerprint density at radius 1 is 1.31 bits per heavy atom. The average Bonchev–Trinajstić information content (AvgIpc) is 3.12. The zero-order chi connectivity index (χ0) is 11.2. The van der Waals surface area contributed by atoms with Crippen molar-refractivity contribution >= 4 is 0 Å². The first-order chi connectivity index (χ1) is 7.88. The Morgan fingerprint density at radius 2 is 2.06 bits per heavy atom. The smallest absolute Gasteiger partial charge is 0.148 e. The number of hydrogen-bond donors (Lipinski definition) is 1. The fraction of sp³-hybridized carbons (Fsp3) is 0.429. The normalized spacial score (nSPS) is 14.4. The molecule has 1 fully saturated rings. The summed E-state index contributed by atoms with van der Waals surface area (Å²) in [7, 11) is 0. The molecule has 0 aliphatic heterocycles. The van der Waals surface area contributed by atoms with Gasteiger partial charge in [-0.05, 0) is 43.0 Å².